The predicted octanol–water partition coefficient (Wildman–Crippen LogP) is 3.92. The molecule has 2 aliphatic rings. The fraction of sp³-hybridized carbons (Fsp3) is 0.462. The van der Waals surface area contributed by atoms with Gasteiger partial charge < -0.3 is 15.0 Å². The second-order valence-corrected chi connectivity index (χ2v) is 10.7. The van der Waals surface area contributed by atoms with Gasteiger partial charge in [0.2, 0.25) is 15.9 Å². The van der Waals surface area contributed by atoms with Crippen LogP contribution < -0.4 is 14.9 Å². The molecule has 1 aliphatic carbocycles. The highest BCUT2D eigenvalue weighted by Crippen LogP contribution is 2.35. The minimum absolute atomic E-state index is 0.0284. The number of esters is 1. The third kappa shape index (κ3) is 6.21. The largest absolute Gasteiger partial charge is 0.466 e. The maximum absolute atomic E-state index is 13.7. The Bertz CT molecular complexity index is 1180. The number of fused-ring (bicyclic) bond motifs is 1. The molecule has 2 aromatic rings. The van der Waals surface area contributed by atoms with Gasteiger partial charge in [-0.2, -0.15) is 0 Å². The molecule has 4 rings (SSSR count). The highest BCUT2D eigenvalue weighted by molar-refractivity contribution is 7.89. The number of carbonyl (C=O) groups is 2. The molecule has 1 saturated heterocycles. The molecule has 0 aromatic heterocycles. The Balaban J connectivity index is 1.58. The standard InChI is InChI=1S/C26H33N3O5S/c1-2-34-26(31)15-14-25(30)27-20-12-13-23(29-16-5-6-17-29)24(18-20)35(32,33)28-22-11-7-9-19-8-3-4-10-21(19)22/h3-4,8,10,12-13,18,22,28H,2,5-7,9,11,14-17H2,1H3,(H,27,30)/t22-/m0/s1. The predicted molar refractivity (Wildman–Crippen MR) is 135 cm³/mol. The lowest BCUT2D eigenvalue weighted by Crippen LogP contribution is -2.32. The molecule has 2 aromatic carbocycles. The summed E-state index contributed by atoms with van der Waals surface area (Å²) < 4.78 is 35.2. The Labute approximate surface area is 207 Å². The molecule has 1 fully saturated rings. The lowest BCUT2D eigenvalue weighted by molar-refractivity contribution is -0.144. The van der Waals surface area contributed by atoms with E-state index in [1.807, 2.05) is 18.2 Å². The first-order valence-corrected chi connectivity index (χ1v) is 13.8. The molecule has 0 bridgehead atoms. The van der Waals surface area contributed by atoms with E-state index in [0.29, 0.717) is 11.4 Å². The molecule has 0 saturated carbocycles. The van der Waals surface area contributed by atoms with Crippen molar-refractivity contribution >= 4 is 33.3 Å². The van der Waals surface area contributed by atoms with E-state index in [-0.39, 0.29) is 36.3 Å². The van der Waals surface area contributed by atoms with E-state index in [4.69, 9.17) is 4.74 Å². The van der Waals surface area contributed by atoms with Gasteiger partial charge in [0.05, 0.1) is 18.7 Å². The van der Waals surface area contributed by atoms with E-state index in [0.717, 1.165) is 50.8 Å². The third-order valence-corrected chi connectivity index (χ3v) is 8.01. The van der Waals surface area contributed by atoms with E-state index in [2.05, 4.69) is 21.0 Å². The van der Waals surface area contributed by atoms with Crippen LogP contribution in [0.25, 0.3) is 0 Å². The van der Waals surface area contributed by atoms with Crippen molar-refractivity contribution in [2.45, 2.75) is 62.8 Å². The van der Waals surface area contributed by atoms with Crippen LogP contribution in [-0.4, -0.2) is 40.0 Å². The van der Waals surface area contributed by atoms with Crippen molar-refractivity contribution in [3.05, 3.63) is 53.6 Å². The summed E-state index contributed by atoms with van der Waals surface area (Å²) in [7, 11) is -3.88. The molecule has 188 valence electrons. The zero-order chi connectivity index (χ0) is 24.8. The van der Waals surface area contributed by atoms with Gasteiger partial charge in [-0.1, -0.05) is 24.3 Å². The van der Waals surface area contributed by atoms with Crippen LogP contribution in [0.4, 0.5) is 11.4 Å². The number of aryl methyl sites for hydroxylation is 1. The van der Waals surface area contributed by atoms with Crippen molar-refractivity contribution in [3.63, 3.8) is 0 Å². The highest BCUT2D eigenvalue weighted by atomic mass is 32.2. The molecule has 35 heavy (non-hydrogen) atoms. The number of nitrogens with zero attached hydrogens (tertiary/aromatic N) is 1. The number of sulfonamides is 1. The minimum Gasteiger partial charge on any atom is -0.466 e. The Morgan fingerprint density at radius 2 is 1.83 bits per heavy atom. The van der Waals surface area contributed by atoms with E-state index >= 15 is 0 Å². The normalized spacial score (nSPS) is 17.6. The monoisotopic (exact) mass is 499 g/mol. The average molecular weight is 500 g/mol. The Kier molecular flexibility index (Phi) is 8.07. The lowest BCUT2D eigenvalue weighted by Gasteiger charge is -2.28. The number of hydrogen-bond donors (Lipinski definition) is 2. The summed E-state index contributed by atoms with van der Waals surface area (Å²) in [6.45, 7) is 3.56. The van der Waals surface area contributed by atoms with Crippen molar-refractivity contribution in [3.8, 4) is 0 Å². The van der Waals surface area contributed by atoms with Crippen LogP contribution in [-0.2, 0) is 30.8 Å². The molecular formula is C26H33N3O5S. The molecule has 2 N–H and O–H groups in total. The maximum Gasteiger partial charge on any atom is 0.306 e. The van der Waals surface area contributed by atoms with Crippen LogP contribution in [0, 0.1) is 0 Å². The molecule has 1 atom stereocenters. The van der Waals surface area contributed by atoms with Gasteiger partial charge in [-0.05, 0) is 68.4 Å². The van der Waals surface area contributed by atoms with Crippen LogP contribution in [0.2, 0.25) is 0 Å². The van der Waals surface area contributed by atoms with Gasteiger partial charge in [0.15, 0.2) is 0 Å². The summed E-state index contributed by atoms with van der Waals surface area (Å²) in [5.41, 5.74) is 3.22. The minimum atomic E-state index is -3.88. The Morgan fingerprint density at radius 3 is 2.60 bits per heavy atom. The number of nitrogens with one attached hydrogen (secondary N) is 2. The number of rotatable bonds is 9. The van der Waals surface area contributed by atoms with Gasteiger partial charge in [0.1, 0.15) is 4.90 Å². The van der Waals surface area contributed by atoms with Crippen molar-refractivity contribution in [1.29, 1.82) is 0 Å². The van der Waals surface area contributed by atoms with Gasteiger partial charge >= 0.3 is 5.97 Å². The molecule has 8 nitrogen and oxygen atoms in total. The number of benzene rings is 2. The van der Waals surface area contributed by atoms with Crippen molar-refractivity contribution in [2.24, 2.45) is 0 Å². The van der Waals surface area contributed by atoms with E-state index in [1.165, 1.54) is 11.6 Å². The van der Waals surface area contributed by atoms with Gasteiger partial charge in [0, 0.05) is 31.2 Å². The Hall–Kier alpha value is -2.91. The van der Waals surface area contributed by atoms with Crippen LogP contribution in [0.5, 0.6) is 0 Å². The maximum atomic E-state index is 13.7. The average Bonchev–Trinajstić information content (AvgIpc) is 3.38. The summed E-state index contributed by atoms with van der Waals surface area (Å²) in [6.07, 6.45) is 4.55. The molecule has 1 amide bonds. The quantitative estimate of drug-likeness (QED) is 0.507. The Morgan fingerprint density at radius 1 is 1.06 bits per heavy atom. The number of anilines is 2. The van der Waals surface area contributed by atoms with Crippen LogP contribution in [0.15, 0.2) is 47.4 Å². The van der Waals surface area contributed by atoms with Crippen LogP contribution in [0.3, 0.4) is 0 Å². The summed E-state index contributed by atoms with van der Waals surface area (Å²) in [5, 5.41) is 2.73. The SMILES string of the molecule is CCOC(=O)CCC(=O)Nc1ccc(N2CCCC2)c(S(=O)(=O)N[C@H]2CCCc3ccccc32)c1. The highest BCUT2D eigenvalue weighted by Gasteiger charge is 2.29. The number of ether oxygens (including phenoxy) is 1. The first kappa shape index (κ1) is 25.2. The lowest BCUT2D eigenvalue weighted by atomic mass is 9.88. The summed E-state index contributed by atoms with van der Waals surface area (Å²) >= 11 is 0. The summed E-state index contributed by atoms with van der Waals surface area (Å²) in [5.74, 6) is -0.809. The second kappa shape index (κ2) is 11.2. The van der Waals surface area contributed by atoms with E-state index in [9.17, 15) is 18.0 Å². The molecule has 9 heteroatoms. The van der Waals surface area contributed by atoms with Crippen molar-refractivity contribution in [2.75, 3.05) is 29.9 Å². The third-order valence-electron chi connectivity index (χ3n) is 6.51. The van der Waals surface area contributed by atoms with Gasteiger partial charge in [-0.15, -0.1) is 0 Å². The van der Waals surface area contributed by atoms with Gasteiger partial charge in [-0.25, -0.2) is 13.1 Å². The number of amides is 1. The number of carbonyl (C=O) groups excluding carboxylic acids is 2. The second-order valence-electron chi connectivity index (χ2n) is 8.99. The smallest absolute Gasteiger partial charge is 0.306 e. The summed E-state index contributed by atoms with van der Waals surface area (Å²) in [4.78, 5) is 26.2. The number of hydrogen-bond acceptors (Lipinski definition) is 6. The first-order chi connectivity index (χ1) is 16.9. The molecule has 0 spiro atoms. The fourth-order valence-corrected chi connectivity index (χ4v) is 6.33. The zero-order valence-electron chi connectivity index (χ0n) is 20.1. The topological polar surface area (TPSA) is 105 Å². The molecule has 0 unspecified atom stereocenters. The summed E-state index contributed by atoms with van der Waals surface area (Å²) in [6, 6.07) is 12.7. The molecule has 1 aliphatic heterocycles. The molecule has 1 heterocycles. The zero-order valence-corrected chi connectivity index (χ0v) is 20.9. The molecular weight excluding hydrogens is 466 g/mol. The fourth-order valence-electron chi connectivity index (χ4n) is 4.83. The van der Waals surface area contributed by atoms with Gasteiger partial charge in [0.25, 0.3) is 0 Å². The van der Waals surface area contributed by atoms with E-state index in [1.54, 1.807) is 19.1 Å². The van der Waals surface area contributed by atoms with Crippen LogP contribution >= 0.6 is 0 Å². The van der Waals surface area contributed by atoms with Crippen molar-refractivity contribution in [1.82, 2.24) is 4.72 Å². The first-order valence-electron chi connectivity index (χ1n) is 12.3. The van der Waals surface area contributed by atoms with Gasteiger partial charge in [-0.3, -0.25) is 9.59 Å². The van der Waals surface area contributed by atoms with Crippen LogP contribution in [0.1, 0.15) is 62.6 Å². The van der Waals surface area contributed by atoms with Crippen molar-refractivity contribution < 1.29 is 22.7 Å². The van der Waals surface area contributed by atoms with E-state index < -0.39 is 16.0 Å². The molecule has 0 radical (unpaired) electrons.